The number of piperidine rings is 1. The molecule has 1 aliphatic heterocycles. The molecule has 1 aromatic heterocycles. The van der Waals surface area contributed by atoms with Crippen molar-refractivity contribution >= 4 is 16.9 Å². The zero-order chi connectivity index (χ0) is 15.4. The second kappa shape index (κ2) is 6.86. The molecule has 1 N–H and O–H groups in total. The maximum absolute atomic E-state index is 12.2. The molecular weight excluding hydrogens is 274 g/mol. The Labute approximate surface area is 132 Å². The van der Waals surface area contributed by atoms with Crippen LogP contribution in [0.1, 0.15) is 32.6 Å². The van der Waals surface area contributed by atoms with Gasteiger partial charge in [0.25, 0.3) is 0 Å². The van der Waals surface area contributed by atoms with Gasteiger partial charge >= 0.3 is 6.03 Å². The third-order valence-corrected chi connectivity index (χ3v) is 4.60. The van der Waals surface area contributed by atoms with E-state index >= 15 is 0 Å². The summed E-state index contributed by atoms with van der Waals surface area (Å²) in [4.78, 5) is 14.2. The molecule has 0 bridgehead atoms. The highest BCUT2D eigenvalue weighted by Crippen LogP contribution is 2.17. The van der Waals surface area contributed by atoms with Crippen LogP contribution in [0.2, 0.25) is 0 Å². The number of nitrogens with one attached hydrogen (secondary N) is 1. The Morgan fingerprint density at radius 3 is 3.00 bits per heavy atom. The summed E-state index contributed by atoms with van der Waals surface area (Å²) in [6, 6.07) is 11.0. The molecule has 4 nitrogen and oxygen atoms in total. The SMILES string of the molecule is CC1CCCCN1C(=O)NCCCn1ccc2ccccc21. The van der Waals surface area contributed by atoms with E-state index in [2.05, 4.69) is 53.3 Å². The van der Waals surface area contributed by atoms with Crippen LogP contribution in [0.15, 0.2) is 36.5 Å². The van der Waals surface area contributed by atoms with Crippen molar-refractivity contribution in [3.05, 3.63) is 36.5 Å². The van der Waals surface area contributed by atoms with E-state index in [-0.39, 0.29) is 6.03 Å². The zero-order valence-electron chi connectivity index (χ0n) is 13.3. The molecular formula is C18H25N3O. The Hall–Kier alpha value is -1.97. The van der Waals surface area contributed by atoms with Crippen molar-refractivity contribution in [2.45, 2.75) is 45.2 Å². The second-order valence-electron chi connectivity index (χ2n) is 6.19. The first kappa shape index (κ1) is 14.9. The second-order valence-corrected chi connectivity index (χ2v) is 6.19. The summed E-state index contributed by atoms with van der Waals surface area (Å²) in [6.45, 7) is 4.71. The Balaban J connectivity index is 1.46. The van der Waals surface area contributed by atoms with E-state index in [0.717, 1.165) is 38.9 Å². The third kappa shape index (κ3) is 3.26. The van der Waals surface area contributed by atoms with Gasteiger partial charge in [0.15, 0.2) is 0 Å². The first-order valence-corrected chi connectivity index (χ1v) is 8.34. The first-order valence-electron chi connectivity index (χ1n) is 8.34. The molecule has 1 atom stereocenters. The summed E-state index contributed by atoms with van der Waals surface area (Å²) in [6.07, 6.45) is 6.58. The van der Waals surface area contributed by atoms with Crippen LogP contribution in [0, 0.1) is 0 Å². The minimum atomic E-state index is 0.101. The number of likely N-dealkylation sites (tertiary alicyclic amines) is 1. The normalized spacial score (nSPS) is 18.6. The summed E-state index contributed by atoms with van der Waals surface area (Å²) >= 11 is 0. The van der Waals surface area contributed by atoms with Gasteiger partial charge in [0.05, 0.1) is 0 Å². The summed E-state index contributed by atoms with van der Waals surface area (Å²) in [5.41, 5.74) is 1.26. The van der Waals surface area contributed by atoms with Crippen molar-refractivity contribution in [3.63, 3.8) is 0 Å². The molecule has 1 aliphatic rings. The number of aryl methyl sites for hydroxylation is 1. The topological polar surface area (TPSA) is 37.3 Å². The van der Waals surface area contributed by atoms with Crippen LogP contribution in [-0.2, 0) is 6.54 Å². The van der Waals surface area contributed by atoms with Crippen LogP contribution >= 0.6 is 0 Å². The lowest BCUT2D eigenvalue weighted by atomic mass is 10.0. The number of hydrogen-bond donors (Lipinski definition) is 1. The molecule has 2 amide bonds. The maximum atomic E-state index is 12.2. The van der Waals surface area contributed by atoms with Gasteiger partial charge in [-0.05, 0) is 50.1 Å². The number of para-hydroxylation sites is 1. The lowest BCUT2D eigenvalue weighted by Gasteiger charge is -2.33. The minimum Gasteiger partial charge on any atom is -0.347 e. The molecule has 1 unspecified atom stereocenters. The number of benzene rings is 1. The van der Waals surface area contributed by atoms with Crippen LogP contribution in [0.5, 0.6) is 0 Å². The molecule has 2 aromatic rings. The molecule has 118 valence electrons. The zero-order valence-corrected chi connectivity index (χ0v) is 13.3. The van der Waals surface area contributed by atoms with Crippen LogP contribution in [0.25, 0.3) is 10.9 Å². The first-order chi connectivity index (χ1) is 10.8. The van der Waals surface area contributed by atoms with E-state index in [1.165, 1.54) is 17.3 Å². The van der Waals surface area contributed by atoms with Gasteiger partial charge in [-0.25, -0.2) is 4.79 Å². The maximum Gasteiger partial charge on any atom is 0.317 e. The van der Waals surface area contributed by atoms with Gasteiger partial charge < -0.3 is 14.8 Å². The van der Waals surface area contributed by atoms with Crippen molar-refractivity contribution in [3.8, 4) is 0 Å². The van der Waals surface area contributed by atoms with Crippen molar-refractivity contribution < 1.29 is 4.79 Å². The highest BCUT2D eigenvalue weighted by atomic mass is 16.2. The summed E-state index contributed by atoms with van der Waals surface area (Å²) < 4.78 is 2.25. The Bertz CT molecular complexity index is 634. The van der Waals surface area contributed by atoms with Gasteiger partial charge in [-0.2, -0.15) is 0 Å². The van der Waals surface area contributed by atoms with Gasteiger partial charge in [0.1, 0.15) is 0 Å². The number of hydrogen-bond acceptors (Lipinski definition) is 1. The predicted octanol–water partition coefficient (Wildman–Crippen LogP) is 3.62. The molecule has 0 saturated carbocycles. The van der Waals surface area contributed by atoms with Crippen molar-refractivity contribution in [1.82, 2.24) is 14.8 Å². The van der Waals surface area contributed by atoms with Crippen molar-refractivity contribution in [2.24, 2.45) is 0 Å². The molecule has 2 heterocycles. The molecule has 1 saturated heterocycles. The molecule has 1 aromatic carbocycles. The lowest BCUT2D eigenvalue weighted by Crippen LogP contribution is -2.47. The average molecular weight is 299 g/mol. The largest absolute Gasteiger partial charge is 0.347 e. The highest BCUT2D eigenvalue weighted by molar-refractivity contribution is 5.79. The summed E-state index contributed by atoms with van der Waals surface area (Å²) in [5.74, 6) is 0. The number of rotatable bonds is 4. The molecule has 1 fully saturated rings. The number of urea groups is 1. The van der Waals surface area contributed by atoms with Gasteiger partial charge in [-0.3, -0.25) is 0 Å². The standard InChI is InChI=1S/C18H25N3O/c1-15-7-4-5-13-21(15)18(22)19-11-6-12-20-14-10-16-8-2-3-9-17(16)20/h2-3,8-10,14-15H,4-7,11-13H2,1H3,(H,19,22). The smallest absolute Gasteiger partial charge is 0.317 e. The number of aromatic nitrogens is 1. The predicted molar refractivity (Wildman–Crippen MR) is 90.0 cm³/mol. The van der Waals surface area contributed by atoms with Crippen LogP contribution in [0.3, 0.4) is 0 Å². The Morgan fingerprint density at radius 1 is 1.27 bits per heavy atom. The van der Waals surface area contributed by atoms with E-state index in [1.807, 2.05) is 4.90 Å². The van der Waals surface area contributed by atoms with Crippen molar-refractivity contribution in [1.29, 1.82) is 0 Å². The van der Waals surface area contributed by atoms with Gasteiger partial charge in [0.2, 0.25) is 0 Å². The summed E-state index contributed by atoms with van der Waals surface area (Å²) in [5, 5.41) is 4.34. The van der Waals surface area contributed by atoms with Crippen LogP contribution < -0.4 is 5.32 Å². The minimum absolute atomic E-state index is 0.101. The number of fused-ring (bicyclic) bond motifs is 1. The van der Waals surface area contributed by atoms with E-state index in [0.29, 0.717) is 6.04 Å². The molecule has 4 heteroatoms. The fourth-order valence-corrected chi connectivity index (χ4v) is 3.28. The van der Waals surface area contributed by atoms with Crippen LogP contribution in [0.4, 0.5) is 4.79 Å². The average Bonchev–Trinajstić information content (AvgIpc) is 2.95. The molecule has 22 heavy (non-hydrogen) atoms. The molecule has 0 spiro atoms. The van der Waals surface area contributed by atoms with E-state index < -0.39 is 0 Å². The fourth-order valence-electron chi connectivity index (χ4n) is 3.28. The number of amides is 2. The molecule has 0 aliphatic carbocycles. The van der Waals surface area contributed by atoms with E-state index in [1.54, 1.807) is 0 Å². The highest BCUT2D eigenvalue weighted by Gasteiger charge is 2.22. The monoisotopic (exact) mass is 299 g/mol. The lowest BCUT2D eigenvalue weighted by molar-refractivity contribution is 0.158. The third-order valence-electron chi connectivity index (χ3n) is 4.60. The van der Waals surface area contributed by atoms with E-state index in [9.17, 15) is 4.79 Å². The quantitative estimate of drug-likeness (QED) is 0.860. The van der Waals surface area contributed by atoms with Crippen LogP contribution in [-0.4, -0.2) is 34.6 Å². The van der Waals surface area contributed by atoms with Gasteiger partial charge in [0, 0.05) is 37.4 Å². The number of nitrogens with zero attached hydrogens (tertiary/aromatic N) is 2. The number of carbonyl (C=O) groups is 1. The van der Waals surface area contributed by atoms with Gasteiger partial charge in [-0.15, -0.1) is 0 Å². The summed E-state index contributed by atoms with van der Waals surface area (Å²) in [7, 11) is 0. The van der Waals surface area contributed by atoms with E-state index in [4.69, 9.17) is 0 Å². The molecule has 3 rings (SSSR count). The number of carbonyl (C=O) groups excluding carboxylic acids is 1. The Kier molecular flexibility index (Phi) is 4.66. The van der Waals surface area contributed by atoms with Gasteiger partial charge in [-0.1, -0.05) is 18.2 Å². The van der Waals surface area contributed by atoms with Crippen molar-refractivity contribution in [2.75, 3.05) is 13.1 Å². The molecule has 0 radical (unpaired) electrons. The fraction of sp³-hybridized carbons (Fsp3) is 0.500. The Morgan fingerprint density at radius 2 is 2.14 bits per heavy atom.